The quantitative estimate of drug-likeness (QED) is 0.0564. The minimum atomic E-state index is -1.45. The minimum Gasteiger partial charge on any atom is -0.494 e. The van der Waals surface area contributed by atoms with Crippen LogP contribution in [0.5, 0.6) is 11.5 Å². The summed E-state index contributed by atoms with van der Waals surface area (Å²) in [7, 11) is -1.27. The molecule has 2 unspecified atom stereocenters. The molecular weight excluding hydrogens is 705 g/mol. The first-order chi connectivity index (χ1) is 24.8. The van der Waals surface area contributed by atoms with E-state index in [0.29, 0.717) is 53.7 Å². The van der Waals surface area contributed by atoms with Gasteiger partial charge < -0.3 is 33.2 Å². The molecule has 0 saturated carbocycles. The second-order valence-electron chi connectivity index (χ2n) is 17.0. The van der Waals surface area contributed by atoms with Gasteiger partial charge in [-0.25, -0.2) is 9.59 Å². The van der Waals surface area contributed by atoms with Gasteiger partial charge in [-0.05, 0) is 74.0 Å². The Hall–Kier alpha value is -3.23. The van der Waals surface area contributed by atoms with E-state index >= 15 is 0 Å². The zero-order chi connectivity index (χ0) is 39.4. The Morgan fingerprint density at radius 1 is 0.868 bits per heavy atom. The van der Waals surface area contributed by atoms with Gasteiger partial charge in [0.2, 0.25) is 0 Å². The van der Waals surface area contributed by atoms with Crippen LogP contribution in [0.4, 0.5) is 0 Å². The van der Waals surface area contributed by atoms with Gasteiger partial charge in [0.05, 0.1) is 24.9 Å². The largest absolute Gasteiger partial charge is 0.494 e. The zero-order valence-electron chi connectivity index (χ0n) is 34.2. The van der Waals surface area contributed by atoms with Gasteiger partial charge in [-0.3, -0.25) is 0 Å². The SMILES string of the molecule is COCOc1cc(OCC[Si](C)(C)C)cc(/C=C/C[C@@H]2OC(C)(C)OC2C(/C=C\[C@@H](C)C(C)C)OC(=O)c2ccccc2)c1C(=O)OCC[Si](C)(C)C. The number of hydrogen-bond acceptors (Lipinski definition) is 9. The number of hydrogen-bond donors (Lipinski definition) is 0. The van der Waals surface area contributed by atoms with Crippen LogP contribution in [-0.2, 0) is 23.7 Å². The smallest absolute Gasteiger partial charge is 0.342 e. The molecule has 294 valence electrons. The highest BCUT2D eigenvalue weighted by molar-refractivity contribution is 6.76. The van der Waals surface area contributed by atoms with Gasteiger partial charge in [-0.2, -0.15) is 0 Å². The lowest BCUT2D eigenvalue weighted by atomic mass is 9.95. The Morgan fingerprint density at radius 2 is 1.53 bits per heavy atom. The molecule has 53 heavy (non-hydrogen) atoms. The highest BCUT2D eigenvalue weighted by Crippen LogP contribution is 2.36. The number of allylic oxidation sites excluding steroid dienone is 1. The third-order valence-electron chi connectivity index (χ3n) is 8.97. The molecule has 9 nitrogen and oxygen atoms in total. The number of carbonyl (C=O) groups is 2. The van der Waals surface area contributed by atoms with Gasteiger partial charge in [0, 0.05) is 29.3 Å². The van der Waals surface area contributed by atoms with Crippen molar-refractivity contribution in [2.75, 3.05) is 27.1 Å². The molecule has 0 radical (unpaired) electrons. The molecule has 1 aliphatic rings. The van der Waals surface area contributed by atoms with E-state index in [1.807, 2.05) is 56.3 Å². The molecule has 3 rings (SSSR count). The molecule has 11 heteroatoms. The van der Waals surface area contributed by atoms with Crippen molar-refractivity contribution in [1.82, 2.24) is 0 Å². The van der Waals surface area contributed by atoms with Crippen LogP contribution < -0.4 is 9.47 Å². The molecule has 1 aliphatic heterocycles. The summed E-state index contributed by atoms with van der Waals surface area (Å²) in [6, 6.07) is 14.3. The van der Waals surface area contributed by atoms with Gasteiger partial charge in [0.1, 0.15) is 29.3 Å². The number of carbonyl (C=O) groups excluding carboxylic acids is 2. The highest BCUT2D eigenvalue weighted by atomic mass is 28.3. The summed E-state index contributed by atoms with van der Waals surface area (Å²) >= 11 is 0. The van der Waals surface area contributed by atoms with Crippen molar-refractivity contribution < 1.29 is 42.7 Å². The van der Waals surface area contributed by atoms with Crippen molar-refractivity contribution >= 4 is 34.2 Å². The van der Waals surface area contributed by atoms with Crippen molar-refractivity contribution in [3.8, 4) is 11.5 Å². The van der Waals surface area contributed by atoms with E-state index in [1.54, 1.807) is 18.2 Å². The molecule has 1 saturated heterocycles. The third kappa shape index (κ3) is 15.2. The Balaban J connectivity index is 1.99. The summed E-state index contributed by atoms with van der Waals surface area (Å²) in [4.78, 5) is 27.1. The van der Waals surface area contributed by atoms with Gasteiger partial charge >= 0.3 is 11.9 Å². The Morgan fingerprint density at radius 3 is 2.15 bits per heavy atom. The summed E-state index contributed by atoms with van der Waals surface area (Å²) in [6.45, 7) is 24.6. The normalized spacial score (nSPS) is 18.7. The first kappa shape index (κ1) is 44.2. The van der Waals surface area contributed by atoms with Crippen LogP contribution >= 0.6 is 0 Å². The predicted octanol–water partition coefficient (Wildman–Crippen LogP) is 9.88. The number of methoxy groups -OCH3 is 1. The van der Waals surface area contributed by atoms with Gasteiger partial charge in [-0.15, -0.1) is 0 Å². The average molecular weight is 769 g/mol. The Labute approximate surface area is 320 Å². The Bertz CT molecular complexity index is 1520. The van der Waals surface area contributed by atoms with Crippen LogP contribution in [0.3, 0.4) is 0 Å². The first-order valence-corrected chi connectivity index (χ1v) is 26.3. The highest BCUT2D eigenvalue weighted by Gasteiger charge is 2.45. The average Bonchev–Trinajstić information content (AvgIpc) is 3.37. The molecule has 0 spiro atoms. The monoisotopic (exact) mass is 768 g/mol. The van der Waals surface area contributed by atoms with E-state index in [4.69, 9.17) is 33.2 Å². The molecular formula is C42H64O9Si2. The fraction of sp³-hybridized carbons (Fsp3) is 0.571. The number of esters is 2. The summed E-state index contributed by atoms with van der Waals surface area (Å²) in [5.74, 6) is -0.269. The van der Waals surface area contributed by atoms with Crippen LogP contribution in [0.1, 0.15) is 67.3 Å². The maximum absolute atomic E-state index is 13.7. The fourth-order valence-electron chi connectivity index (χ4n) is 5.42. The standard InChI is InChI=1S/C42H64O9Si2/c1-30(2)31(3)21-22-35(49-40(43)32-17-14-13-15-18-32)39-36(50-42(4,5)51-39)20-16-19-33-27-34(46-23-25-52(7,8)9)28-37(48-29-45-6)38(33)41(44)47-24-26-53(10,11)12/h13-19,21-22,27-28,30-31,35-36,39H,20,23-26,29H2,1-12H3/b19-16+,22-21-/t31-,35?,36+,39?/m1/s1. The van der Waals surface area contributed by atoms with Gasteiger partial charge in [0.25, 0.3) is 0 Å². The van der Waals surface area contributed by atoms with Crippen molar-refractivity contribution in [3.63, 3.8) is 0 Å². The molecule has 0 aromatic heterocycles. The van der Waals surface area contributed by atoms with Crippen molar-refractivity contribution in [1.29, 1.82) is 0 Å². The van der Waals surface area contributed by atoms with Crippen molar-refractivity contribution in [2.45, 2.75) is 117 Å². The summed E-state index contributed by atoms with van der Waals surface area (Å²) in [6.07, 6.45) is 6.43. The molecule has 2 aromatic carbocycles. The maximum Gasteiger partial charge on any atom is 0.342 e. The summed E-state index contributed by atoms with van der Waals surface area (Å²) < 4.78 is 42.2. The number of rotatable bonds is 20. The predicted molar refractivity (Wildman–Crippen MR) is 217 cm³/mol. The molecule has 0 amide bonds. The molecule has 0 aliphatic carbocycles. The van der Waals surface area contributed by atoms with Gasteiger partial charge in [-0.1, -0.05) is 96.5 Å². The van der Waals surface area contributed by atoms with Crippen LogP contribution in [-0.4, -0.2) is 79.3 Å². The lowest BCUT2D eigenvalue weighted by molar-refractivity contribution is -0.152. The molecule has 1 heterocycles. The summed E-state index contributed by atoms with van der Waals surface area (Å²) in [5, 5.41) is 0. The van der Waals surface area contributed by atoms with Crippen LogP contribution in [0.15, 0.2) is 60.7 Å². The molecule has 0 bridgehead atoms. The fourth-order valence-corrected chi connectivity index (χ4v) is 6.85. The van der Waals surface area contributed by atoms with E-state index in [0.717, 1.165) is 12.1 Å². The van der Waals surface area contributed by atoms with Crippen LogP contribution in [0.2, 0.25) is 51.4 Å². The van der Waals surface area contributed by atoms with E-state index in [9.17, 15) is 9.59 Å². The van der Waals surface area contributed by atoms with Gasteiger partial charge in [0.15, 0.2) is 12.6 Å². The van der Waals surface area contributed by atoms with Crippen molar-refractivity contribution in [2.24, 2.45) is 11.8 Å². The molecule has 0 N–H and O–H groups in total. The molecule has 2 aromatic rings. The molecule has 4 atom stereocenters. The second-order valence-corrected chi connectivity index (χ2v) is 28.3. The maximum atomic E-state index is 13.7. The van der Waals surface area contributed by atoms with Crippen molar-refractivity contribution in [3.05, 3.63) is 77.4 Å². The van der Waals surface area contributed by atoms with E-state index in [-0.39, 0.29) is 12.7 Å². The minimum absolute atomic E-state index is 0.0489. The zero-order valence-corrected chi connectivity index (χ0v) is 36.2. The van der Waals surface area contributed by atoms with Crippen LogP contribution in [0.25, 0.3) is 6.08 Å². The lowest BCUT2D eigenvalue weighted by Gasteiger charge is -2.25. The molecule has 1 fully saturated rings. The van der Waals surface area contributed by atoms with Crippen LogP contribution in [0, 0.1) is 11.8 Å². The summed E-state index contributed by atoms with van der Waals surface area (Å²) in [5.41, 5.74) is 1.35. The van der Waals surface area contributed by atoms with E-state index in [2.05, 4.69) is 66.1 Å². The second kappa shape index (κ2) is 19.9. The topological polar surface area (TPSA) is 98.8 Å². The number of ether oxygens (including phenoxy) is 7. The third-order valence-corrected chi connectivity index (χ3v) is 12.4. The Kier molecular flexibility index (Phi) is 16.6. The van der Waals surface area contributed by atoms with E-state index < -0.39 is 52.2 Å². The number of benzene rings is 2. The first-order valence-electron chi connectivity index (χ1n) is 18.8. The lowest BCUT2D eigenvalue weighted by Crippen LogP contribution is -2.37. The van der Waals surface area contributed by atoms with E-state index in [1.165, 1.54) is 7.11 Å².